The van der Waals surface area contributed by atoms with Gasteiger partial charge in [-0.2, -0.15) is 0 Å². The molecule has 3 unspecified atom stereocenters. The van der Waals surface area contributed by atoms with Crippen LogP contribution in [0.5, 0.6) is 5.75 Å². The van der Waals surface area contributed by atoms with Crippen LogP contribution in [0.1, 0.15) is 42.5 Å². The third kappa shape index (κ3) is 2.91. The Morgan fingerprint density at radius 3 is 2.82 bits per heavy atom. The maximum atomic E-state index is 12.8. The van der Waals surface area contributed by atoms with E-state index in [1.54, 1.807) is 6.07 Å². The number of nitrogens with two attached hydrogens (primary N) is 1. The normalized spacial score (nSPS) is 27.1. The molecule has 22 heavy (non-hydrogen) atoms. The lowest BCUT2D eigenvalue weighted by Crippen LogP contribution is -2.43. The molecule has 1 aliphatic carbocycles. The van der Waals surface area contributed by atoms with Crippen LogP contribution >= 0.6 is 0 Å². The van der Waals surface area contributed by atoms with Gasteiger partial charge in [0.2, 0.25) is 5.91 Å². The van der Waals surface area contributed by atoms with E-state index in [1.165, 1.54) is 0 Å². The molecule has 1 amide bonds. The zero-order valence-electron chi connectivity index (χ0n) is 12.5. The van der Waals surface area contributed by atoms with Crippen molar-refractivity contribution in [3.63, 3.8) is 0 Å². The average Bonchev–Trinajstić information content (AvgIpc) is 2.54. The van der Waals surface area contributed by atoms with Gasteiger partial charge in [-0.05, 0) is 37.8 Å². The fraction of sp³-hybridized carbons (Fsp3) is 0.444. The van der Waals surface area contributed by atoms with Crippen molar-refractivity contribution in [2.75, 3.05) is 0 Å². The van der Waals surface area contributed by atoms with Crippen LogP contribution < -0.4 is 10.5 Å². The largest absolute Gasteiger partial charge is 0.489 e. The predicted octanol–water partition coefficient (Wildman–Crippen LogP) is 2.87. The molecule has 1 aromatic rings. The van der Waals surface area contributed by atoms with Crippen molar-refractivity contribution in [3.05, 3.63) is 42.0 Å². The summed E-state index contributed by atoms with van der Waals surface area (Å²) < 4.78 is 6.18. The second kappa shape index (κ2) is 6.34. The lowest BCUT2D eigenvalue weighted by atomic mass is 9.76. The minimum atomic E-state index is -0.367. The molecule has 0 saturated carbocycles. The molecule has 0 fully saturated rings. The smallest absolute Gasteiger partial charge is 0.217 e. The molecule has 3 rings (SSSR count). The van der Waals surface area contributed by atoms with Crippen molar-refractivity contribution in [1.82, 2.24) is 0 Å². The molecule has 1 heterocycles. The van der Waals surface area contributed by atoms with Gasteiger partial charge >= 0.3 is 0 Å². The maximum absolute atomic E-state index is 12.8. The summed E-state index contributed by atoms with van der Waals surface area (Å²) in [5.74, 6) is 0.429. The number of allylic oxidation sites excluding steroid dienone is 2. The number of amides is 1. The molecule has 0 spiro atoms. The Bertz CT molecular complexity index is 608. The van der Waals surface area contributed by atoms with E-state index < -0.39 is 0 Å². The highest BCUT2D eigenvalue weighted by atomic mass is 16.5. The number of hydrogen-bond donors (Lipinski definition) is 1. The summed E-state index contributed by atoms with van der Waals surface area (Å²) in [6, 6.07) is 7.37. The quantitative estimate of drug-likeness (QED) is 0.869. The Kier molecular flexibility index (Phi) is 4.27. The molecule has 0 bridgehead atoms. The van der Waals surface area contributed by atoms with Gasteiger partial charge in [0.1, 0.15) is 11.9 Å². The first-order valence-corrected chi connectivity index (χ1v) is 7.90. The third-order valence-corrected chi connectivity index (χ3v) is 4.62. The molecule has 1 aliphatic heterocycles. The fourth-order valence-electron chi connectivity index (χ4n) is 3.48. The minimum absolute atomic E-state index is 0.0858. The Morgan fingerprint density at radius 1 is 1.27 bits per heavy atom. The Hall–Kier alpha value is -2.10. The summed E-state index contributed by atoms with van der Waals surface area (Å²) in [5, 5.41) is 0. The fourth-order valence-corrected chi connectivity index (χ4v) is 3.48. The summed E-state index contributed by atoms with van der Waals surface area (Å²) in [6.45, 7) is 0. The number of rotatable bonds is 4. The first-order valence-electron chi connectivity index (χ1n) is 7.90. The van der Waals surface area contributed by atoms with E-state index in [0.29, 0.717) is 23.7 Å². The van der Waals surface area contributed by atoms with Gasteiger partial charge in [-0.3, -0.25) is 9.59 Å². The van der Waals surface area contributed by atoms with E-state index in [0.717, 1.165) is 19.3 Å². The second-order valence-corrected chi connectivity index (χ2v) is 6.10. The number of fused-ring (bicyclic) bond motifs is 1. The van der Waals surface area contributed by atoms with E-state index >= 15 is 0 Å². The highest BCUT2D eigenvalue weighted by Crippen LogP contribution is 2.39. The summed E-state index contributed by atoms with van der Waals surface area (Å²) in [4.78, 5) is 24.0. The van der Waals surface area contributed by atoms with E-state index in [1.807, 2.05) is 18.2 Å². The van der Waals surface area contributed by atoms with Gasteiger partial charge < -0.3 is 10.5 Å². The molecule has 0 saturated heterocycles. The number of primary amides is 1. The van der Waals surface area contributed by atoms with Crippen LogP contribution in [-0.4, -0.2) is 17.8 Å². The third-order valence-electron chi connectivity index (χ3n) is 4.62. The number of benzene rings is 1. The highest BCUT2D eigenvalue weighted by Gasteiger charge is 2.40. The van der Waals surface area contributed by atoms with Crippen LogP contribution in [0, 0.1) is 11.8 Å². The molecule has 2 aliphatic rings. The van der Waals surface area contributed by atoms with Crippen molar-refractivity contribution < 1.29 is 14.3 Å². The van der Waals surface area contributed by atoms with Gasteiger partial charge in [0, 0.05) is 12.3 Å². The van der Waals surface area contributed by atoms with E-state index in [2.05, 4.69) is 12.2 Å². The van der Waals surface area contributed by atoms with Crippen LogP contribution in [0.4, 0.5) is 0 Å². The van der Waals surface area contributed by atoms with Gasteiger partial charge in [0.25, 0.3) is 0 Å². The lowest BCUT2D eigenvalue weighted by Gasteiger charge is -2.38. The Balaban J connectivity index is 1.89. The van der Waals surface area contributed by atoms with Crippen molar-refractivity contribution in [1.29, 1.82) is 0 Å². The molecule has 2 N–H and O–H groups in total. The molecule has 1 aromatic carbocycles. The van der Waals surface area contributed by atoms with Crippen molar-refractivity contribution in [2.45, 2.75) is 38.2 Å². The second-order valence-electron chi connectivity index (χ2n) is 6.10. The molecule has 0 radical (unpaired) electrons. The number of para-hydroxylation sites is 1. The van der Waals surface area contributed by atoms with E-state index in [4.69, 9.17) is 10.5 Å². The summed E-state index contributed by atoms with van der Waals surface area (Å²) in [7, 11) is 0. The number of ether oxygens (including phenoxy) is 1. The van der Waals surface area contributed by atoms with Crippen LogP contribution in [0.2, 0.25) is 0 Å². The van der Waals surface area contributed by atoms with Crippen molar-refractivity contribution >= 4 is 11.7 Å². The summed E-state index contributed by atoms with van der Waals surface area (Å²) >= 11 is 0. The molecule has 116 valence electrons. The predicted molar refractivity (Wildman–Crippen MR) is 83.6 cm³/mol. The zero-order valence-corrected chi connectivity index (χ0v) is 12.5. The lowest BCUT2D eigenvalue weighted by molar-refractivity contribution is -0.118. The Labute approximate surface area is 130 Å². The van der Waals surface area contributed by atoms with Gasteiger partial charge in [0.05, 0.1) is 11.5 Å². The van der Waals surface area contributed by atoms with Crippen molar-refractivity contribution in [3.8, 4) is 5.75 Å². The monoisotopic (exact) mass is 299 g/mol. The van der Waals surface area contributed by atoms with E-state index in [-0.39, 0.29) is 30.1 Å². The number of carbonyl (C=O) groups excluding carboxylic acids is 2. The van der Waals surface area contributed by atoms with Crippen LogP contribution in [0.3, 0.4) is 0 Å². The first-order chi connectivity index (χ1) is 10.7. The van der Waals surface area contributed by atoms with Gasteiger partial charge in [0.15, 0.2) is 5.78 Å². The standard InChI is InChI=1S/C18H21NO3/c19-16(20)11-10-14-17(21)13-8-4-5-9-15(13)22-18(14)12-6-2-1-3-7-12/h1-2,4-5,8-9,12,14,18H,3,6-7,10-11H2,(H2,19,20). The molecule has 4 nitrogen and oxygen atoms in total. The minimum Gasteiger partial charge on any atom is -0.489 e. The SMILES string of the molecule is NC(=O)CCC1C(=O)c2ccccc2OC1C1CC=CCC1. The van der Waals surface area contributed by atoms with E-state index in [9.17, 15) is 9.59 Å². The average molecular weight is 299 g/mol. The Morgan fingerprint density at radius 2 is 2.09 bits per heavy atom. The number of ketones is 1. The topological polar surface area (TPSA) is 69.4 Å². The number of carbonyl (C=O) groups is 2. The zero-order chi connectivity index (χ0) is 15.5. The molecule has 0 aromatic heterocycles. The molecule has 4 heteroatoms. The highest BCUT2D eigenvalue weighted by molar-refractivity contribution is 6.01. The molecular formula is C18H21NO3. The first kappa shape index (κ1) is 14.8. The number of Topliss-reactive ketones (excluding diaryl/α,β-unsaturated/α-hetero) is 1. The van der Waals surface area contributed by atoms with Crippen LogP contribution in [-0.2, 0) is 4.79 Å². The van der Waals surface area contributed by atoms with Crippen molar-refractivity contribution in [2.24, 2.45) is 17.6 Å². The molecular weight excluding hydrogens is 278 g/mol. The summed E-state index contributed by atoms with van der Waals surface area (Å²) in [6.07, 6.45) is 7.82. The van der Waals surface area contributed by atoms with Crippen LogP contribution in [0.15, 0.2) is 36.4 Å². The van der Waals surface area contributed by atoms with Crippen LogP contribution in [0.25, 0.3) is 0 Å². The summed E-state index contributed by atoms with van der Waals surface area (Å²) in [5.41, 5.74) is 5.90. The maximum Gasteiger partial charge on any atom is 0.217 e. The van der Waals surface area contributed by atoms with Gasteiger partial charge in [-0.1, -0.05) is 24.3 Å². The van der Waals surface area contributed by atoms with Gasteiger partial charge in [-0.15, -0.1) is 0 Å². The molecule has 3 atom stereocenters. The van der Waals surface area contributed by atoms with Gasteiger partial charge in [-0.25, -0.2) is 0 Å². The number of hydrogen-bond acceptors (Lipinski definition) is 3.